The third-order valence-electron chi connectivity index (χ3n) is 5.82. The Morgan fingerprint density at radius 1 is 1.16 bits per heavy atom. The summed E-state index contributed by atoms with van der Waals surface area (Å²) in [6, 6.07) is 11.6. The van der Waals surface area contributed by atoms with Crippen molar-refractivity contribution >= 4 is 28.8 Å². The van der Waals surface area contributed by atoms with Crippen LogP contribution in [0.2, 0.25) is 0 Å². The van der Waals surface area contributed by atoms with Gasteiger partial charge in [0.25, 0.3) is 0 Å². The molecule has 200 valence electrons. The lowest BCUT2D eigenvalue weighted by molar-refractivity contribution is -0.122. The van der Waals surface area contributed by atoms with Gasteiger partial charge in [0.1, 0.15) is 6.61 Å². The second-order valence-electron chi connectivity index (χ2n) is 8.98. The van der Waals surface area contributed by atoms with Gasteiger partial charge in [-0.2, -0.15) is 5.26 Å². The Balaban J connectivity index is 0.000000333. The number of anilines is 1. The highest BCUT2D eigenvalue weighted by Crippen LogP contribution is 2.34. The maximum Gasteiger partial charge on any atom is 0.211 e. The van der Waals surface area contributed by atoms with E-state index in [0.717, 1.165) is 24.2 Å². The molecular weight excluding hydrogens is 464 g/mol. The normalized spacial score (nSPS) is 10.1. The number of hydrogen-bond acceptors (Lipinski definition) is 5. The Kier molecular flexibility index (Phi) is 15.2. The van der Waals surface area contributed by atoms with Gasteiger partial charge < -0.3 is 14.6 Å². The molecule has 3 rings (SSSR count). The molecule has 0 radical (unpaired) electrons. The number of amides is 1. The molecule has 3 aromatic rings. The molecule has 0 spiro atoms. The third kappa shape index (κ3) is 11.0. The lowest BCUT2D eigenvalue weighted by Crippen LogP contribution is -2.04. The summed E-state index contributed by atoms with van der Waals surface area (Å²) in [7, 11) is 3.63. The standard InChI is InChI=1S/C17H24N2O.C7H6N2.C6H12O2/c1-4-6-13(7-5-2)16-11-19(3)17-9-8-14(18-12-20)10-15(16)17;1-6-4-7(5-8)2-3-9-6;1-3-4-6(7)5-8-2/h8-13H,4-7H2,1-3H3,(H,18,20);2-4H,1H3;3-5H2,1-2H3. The number of nitrogens with zero attached hydrogens (tertiary/aromatic N) is 3. The van der Waals surface area contributed by atoms with Gasteiger partial charge in [-0.05, 0) is 68.0 Å². The molecule has 2 heterocycles. The van der Waals surface area contributed by atoms with E-state index in [2.05, 4.69) is 58.8 Å². The van der Waals surface area contributed by atoms with Crippen molar-refractivity contribution in [3.8, 4) is 6.07 Å². The molecule has 0 atom stereocenters. The van der Waals surface area contributed by atoms with E-state index in [-0.39, 0.29) is 12.4 Å². The number of carbonyl (C=O) groups is 2. The highest BCUT2D eigenvalue weighted by Gasteiger charge is 2.16. The summed E-state index contributed by atoms with van der Waals surface area (Å²) < 4.78 is 6.79. The Morgan fingerprint density at radius 2 is 1.86 bits per heavy atom. The summed E-state index contributed by atoms with van der Waals surface area (Å²) in [5.74, 6) is 0.801. The predicted molar refractivity (Wildman–Crippen MR) is 151 cm³/mol. The van der Waals surface area contributed by atoms with Crippen LogP contribution >= 0.6 is 0 Å². The fourth-order valence-electron chi connectivity index (χ4n) is 4.19. The van der Waals surface area contributed by atoms with Crippen LogP contribution in [0.5, 0.6) is 0 Å². The zero-order valence-electron chi connectivity index (χ0n) is 23.2. The molecule has 37 heavy (non-hydrogen) atoms. The van der Waals surface area contributed by atoms with E-state index in [1.54, 1.807) is 18.3 Å². The zero-order valence-corrected chi connectivity index (χ0v) is 23.2. The summed E-state index contributed by atoms with van der Waals surface area (Å²) >= 11 is 0. The van der Waals surface area contributed by atoms with Gasteiger partial charge in [-0.1, -0.05) is 33.6 Å². The molecule has 1 N–H and O–H groups in total. The lowest BCUT2D eigenvalue weighted by Gasteiger charge is -2.14. The number of nitrogens with one attached hydrogen (secondary N) is 1. The van der Waals surface area contributed by atoms with Gasteiger partial charge in [0.05, 0.1) is 11.6 Å². The van der Waals surface area contributed by atoms with Gasteiger partial charge >= 0.3 is 0 Å². The van der Waals surface area contributed by atoms with E-state index in [0.29, 0.717) is 17.9 Å². The molecule has 2 aromatic heterocycles. The molecular formula is C30H42N4O3. The van der Waals surface area contributed by atoms with Crippen molar-refractivity contribution in [3.63, 3.8) is 0 Å². The number of fused-ring (bicyclic) bond motifs is 1. The van der Waals surface area contributed by atoms with Crippen molar-refractivity contribution < 1.29 is 14.3 Å². The molecule has 0 fully saturated rings. The van der Waals surface area contributed by atoms with Gasteiger partial charge in [-0.15, -0.1) is 0 Å². The van der Waals surface area contributed by atoms with Gasteiger partial charge in [-0.3, -0.25) is 14.6 Å². The van der Waals surface area contributed by atoms with E-state index in [4.69, 9.17) is 5.26 Å². The van der Waals surface area contributed by atoms with Crippen LogP contribution in [-0.4, -0.2) is 35.5 Å². The van der Waals surface area contributed by atoms with Gasteiger partial charge in [0, 0.05) is 55.3 Å². The van der Waals surface area contributed by atoms with Crippen LogP contribution in [0.25, 0.3) is 10.9 Å². The number of rotatable bonds is 11. The summed E-state index contributed by atoms with van der Waals surface area (Å²) in [4.78, 5) is 25.1. The van der Waals surface area contributed by atoms with Crippen molar-refractivity contribution in [1.29, 1.82) is 5.26 Å². The molecule has 1 amide bonds. The van der Waals surface area contributed by atoms with E-state index >= 15 is 0 Å². The fraction of sp³-hybridized carbons (Fsp3) is 0.467. The van der Waals surface area contributed by atoms with Crippen LogP contribution in [0.15, 0.2) is 42.7 Å². The smallest absolute Gasteiger partial charge is 0.211 e. The Hall–Kier alpha value is -3.50. The third-order valence-corrected chi connectivity index (χ3v) is 5.82. The van der Waals surface area contributed by atoms with E-state index in [9.17, 15) is 9.59 Å². The van der Waals surface area contributed by atoms with Crippen molar-refractivity contribution in [3.05, 3.63) is 59.5 Å². The average molecular weight is 507 g/mol. The highest BCUT2D eigenvalue weighted by atomic mass is 16.5. The predicted octanol–water partition coefficient (Wildman–Crippen LogP) is 6.69. The first kappa shape index (κ1) is 31.5. The zero-order chi connectivity index (χ0) is 27.6. The van der Waals surface area contributed by atoms with Crippen molar-refractivity contribution in [2.75, 3.05) is 19.0 Å². The summed E-state index contributed by atoms with van der Waals surface area (Å²) in [5, 5.41) is 12.4. The van der Waals surface area contributed by atoms with E-state index in [1.165, 1.54) is 49.3 Å². The van der Waals surface area contributed by atoms with Crippen LogP contribution in [0.4, 0.5) is 5.69 Å². The molecule has 7 heteroatoms. The fourth-order valence-corrected chi connectivity index (χ4v) is 4.19. The van der Waals surface area contributed by atoms with Crippen LogP contribution in [0.1, 0.15) is 82.0 Å². The van der Waals surface area contributed by atoms with E-state index in [1.807, 2.05) is 26.0 Å². The molecule has 0 saturated carbocycles. The van der Waals surface area contributed by atoms with Gasteiger partial charge in [0.15, 0.2) is 5.78 Å². The molecule has 0 aliphatic carbocycles. The summed E-state index contributed by atoms with van der Waals surface area (Å²) in [6.45, 7) is 8.60. The number of ketones is 1. The topological polar surface area (TPSA) is 97.0 Å². The highest BCUT2D eigenvalue weighted by molar-refractivity contribution is 5.89. The first-order chi connectivity index (χ1) is 17.8. The number of aromatic nitrogens is 2. The average Bonchev–Trinajstić information content (AvgIpc) is 3.21. The number of Topliss-reactive ketones (excluding diaryl/α,β-unsaturated/α-hetero) is 1. The molecule has 1 aromatic carbocycles. The SMILES string of the molecule is CCCC(=O)COC.CCCC(CCC)c1cn(C)c2ccc(NC=O)cc12.Cc1cc(C#N)ccn1. The number of methoxy groups -OCH3 is 1. The largest absolute Gasteiger partial charge is 0.377 e. The number of ether oxygens (including phenoxy) is 1. The number of pyridine rings is 1. The Labute approximate surface area is 221 Å². The minimum absolute atomic E-state index is 0.190. The first-order valence-corrected chi connectivity index (χ1v) is 13.0. The van der Waals surface area contributed by atoms with Crippen LogP contribution in [0.3, 0.4) is 0 Å². The van der Waals surface area contributed by atoms with Gasteiger partial charge in [-0.25, -0.2) is 0 Å². The second-order valence-corrected chi connectivity index (χ2v) is 8.98. The molecule has 7 nitrogen and oxygen atoms in total. The number of aryl methyl sites for hydroxylation is 2. The summed E-state index contributed by atoms with van der Waals surface area (Å²) in [6.07, 6.45) is 11.0. The second kappa shape index (κ2) is 17.9. The van der Waals surface area contributed by atoms with Crippen molar-refractivity contribution in [1.82, 2.24) is 9.55 Å². The molecule has 0 bridgehead atoms. The minimum atomic E-state index is 0.190. The van der Waals surface area contributed by atoms with E-state index < -0.39 is 0 Å². The van der Waals surface area contributed by atoms with Crippen molar-refractivity contribution in [2.45, 2.75) is 72.1 Å². The molecule has 0 saturated heterocycles. The maximum atomic E-state index is 10.6. The molecule has 0 aliphatic heterocycles. The van der Waals surface area contributed by atoms with Crippen molar-refractivity contribution in [2.24, 2.45) is 7.05 Å². The first-order valence-electron chi connectivity index (χ1n) is 13.0. The summed E-state index contributed by atoms with van der Waals surface area (Å²) in [5.41, 5.74) is 5.07. The maximum absolute atomic E-state index is 10.6. The quantitative estimate of drug-likeness (QED) is 0.292. The number of nitriles is 1. The van der Waals surface area contributed by atoms with Crippen LogP contribution in [-0.2, 0) is 21.4 Å². The number of carbonyl (C=O) groups excluding carboxylic acids is 2. The Bertz CT molecular complexity index is 1130. The minimum Gasteiger partial charge on any atom is -0.377 e. The number of benzene rings is 1. The molecule has 0 aliphatic rings. The lowest BCUT2D eigenvalue weighted by atomic mass is 9.90. The monoisotopic (exact) mass is 506 g/mol. The van der Waals surface area contributed by atoms with Crippen LogP contribution < -0.4 is 5.32 Å². The molecule has 0 unspecified atom stereocenters. The van der Waals surface area contributed by atoms with Crippen LogP contribution in [0, 0.1) is 18.3 Å². The Morgan fingerprint density at radius 3 is 2.38 bits per heavy atom. The number of hydrogen-bond donors (Lipinski definition) is 1. The van der Waals surface area contributed by atoms with Gasteiger partial charge in [0.2, 0.25) is 6.41 Å².